The molecular weight excluding hydrogens is 298 g/mol. The van der Waals surface area contributed by atoms with Gasteiger partial charge in [0.1, 0.15) is 5.02 Å². The molecule has 0 atom stereocenters. The third kappa shape index (κ3) is 4.15. The van der Waals surface area contributed by atoms with E-state index in [2.05, 4.69) is 10.3 Å². The second-order valence-corrected chi connectivity index (χ2v) is 4.34. The van der Waals surface area contributed by atoms with Crippen LogP contribution in [-0.2, 0) is 4.79 Å². The van der Waals surface area contributed by atoms with Crippen LogP contribution < -0.4 is 10.1 Å². The number of rotatable bonds is 5. The van der Waals surface area contributed by atoms with Gasteiger partial charge in [-0.25, -0.2) is 4.98 Å². The maximum absolute atomic E-state index is 11.7. The van der Waals surface area contributed by atoms with Crippen molar-refractivity contribution in [2.45, 2.75) is 0 Å². The number of nitrogens with one attached hydrogen (secondary N) is 1. The van der Waals surface area contributed by atoms with Crippen LogP contribution in [0.25, 0.3) is 0 Å². The summed E-state index contributed by atoms with van der Waals surface area (Å²) in [5, 5.41) is 13.2. The molecule has 0 unspecified atom stereocenters. The van der Waals surface area contributed by atoms with Gasteiger partial charge in [0.05, 0.1) is 4.92 Å². The first kappa shape index (κ1) is 14.7. The van der Waals surface area contributed by atoms with E-state index in [0.717, 1.165) is 0 Å². The highest BCUT2D eigenvalue weighted by Crippen LogP contribution is 2.27. The summed E-state index contributed by atoms with van der Waals surface area (Å²) in [6.07, 6.45) is 1.54. The number of carbonyl (C=O) groups excluding carboxylic acids is 1. The van der Waals surface area contributed by atoms with Gasteiger partial charge in [-0.1, -0.05) is 17.7 Å². The van der Waals surface area contributed by atoms with Crippen LogP contribution in [0, 0.1) is 10.1 Å². The van der Waals surface area contributed by atoms with Crippen molar-refractivity contribution < 1.29 is 14.5 Å². The monoisotopic (exact) mass is 307 g/mol. The number of nitrogens with zero attached hydrogens (tertiary/aromatic N) is 2. The Morgan fingerprint density at radius 3 is 2.86 bits per heavy atom. The molecular formula is C13H10ClN3O4. The number of halogens is 1. The predicted octanol–water partition coefficient (Wildman–Crippen LogP) is 2.66. The lowest BCUT2D eigenvalue weighted by Gasteiger charge is -2.07. The first-order valence-corrected chi connectivity index (χ1v) is 6.21. The van der Waals surface area contributed by atoms with Gasteiger partial charge in [0.15, 0.2) is 6.61 Å². The van der Waals surface area contributed by atoms with E-state index < -0.39 is 10.8 Å². The van der Waals surface area contributed by atoms with E-state index in [1.54, 1.807) is 18.2 Å². The van der Waals surface area contributed by atoms with E-state index in [1.165, 1.54) is 24.4 Å². The van der Waals surface area contributed by atoms with Crippen molar-refractivity contribution in [3.63, 3.8) is 0 Å². The fraction of sp³-hybridized carbons (Fsp3) is 0.0769. The van der Waals surface area contributed by atoms with Crippen LogP contribution in [-0.4, -0.2) is 22.4 Å². The van der Waals surface area contributed by atoms with Gasteiger partial charge in [-0.2, -0.15) is 0 Å². The average Bonchev–Trinajstić information content (AvgIpc) is 2.48. The van der Waals surface area contributed by atoms with Crippen molar-refractivity contribution in [3.8, 4) is 5.88 Å². The number of amides is 1. The Morgan fingerprint density at radius 1 is 1.38 bits per heavy atom. The molecule has 108 valence electrons. The molecule has 1 amide bonds. The number of pyridine rings is 1. The zero-order valence-electron chi connectivity index (χ0n) is 10.7. The Labute approximate surface area is 124 Å². The van der Waals surface area contributed by atoms with Crippen LogP contribution in [0.1, 0.15) is 0 Å². The zero-order valence-corrected chi connectivity index (χ0v) is 11.4. The van der Waals surface area contributed by atoms with Crippen molar-refractivity contribution in [1.29, 1.82) is 0 Å². The molecule has 1 aromatic heterocycles. The minimum absolute atomic E-state index is 0.00253. The van der Waals surface area contributed by atoms with E-state index in [9.17, 15) is 14.9 Å². The van der Waals surface area contributed by atoms with Crippen molar-refractivity contribution in [3.05, 3.63) is 57.7 Å². The summed E-state index contributed by atoms with van der Waals surface area (Å²) in [5.74, 6) is -0.146. The van der Waals surface area contributed by atoms with Crippen LogP contribution in [0.4, 0.5) is 11.4 Å². The molecule has 0 aliphatic carbocycles. The maximum atomic E-state index is 11.7. The lowest BCUT2D eigenvalue weighted by atomic mass is 10.3. The van der Waals surface area contributed by atoms with Crippen molar-refractivity contribution in [1.82, 2.24) is 4.98 Å². The summed E-state index contributed by atoms with van der Waals surface area (Å²) in [5.41, 5.74) is -0.0131. The third-order valence-corrected chi connectivity index (χ3v) is 2.74. The second kappa shape index (κ2) is 6.67. The van der Waals surface area contributed by atoms with Gasteiger partial charge in [0.2, 0.25) is 5.88 Å². The second-order valence-electron chi connectivity index (χ2n) is 3.93. The molecule has 0 fully saturated rings. The highest BCUT2D eigenvalue weighted by Gasteiger charge is 2.14. The smallest absolute Gasteiger partial charge is 0.289 e. The fourth-order valence-electron chi connectivity index (χ4n) is 1.50. The Hall–Kier alpha value is -2.67. The number of ether oxygens (including phenoxy) is 1. The molecule has 0 aliphatic rings. The quantitative estimate of drug-likeness (QED) is 0.677. The molecule has 0 aliphatic heterocycles. The standard InChI is InChI=1S/C13H10ClN3O4/c14-10-5-4-9(7-11(10)17(19)20)16-12(18)8-21-13-3-1-2-6-15-13/h1-7H,8H2,(H,16,18). The zero-order chi connectivity index (χ0) is 15.2. The highest BCUT2D eigenvalue weighted by atomic mass is 35.5. The van der Waals surface area contributed by atoms with E-state index in [4.69, 9.17) is 16.3 Å². The topological polar surface area (TPSA) is 94.4 Å². The van der Waals surface area contributed by atoms with E-state index in [1.807, 2.05) is 0 Å². The molecule has 2 rings (SSSR count). The van der Waals surface area contributed by atoms with Gasteiger partial charge in [0.25, 0.3) is 11.6 Å². The molecule has 0 spiro atoms. The van der Waals surface area contributed by atoms with Gasteiger partial charge in [0, 0.05) is 24.0 Å². The summed E-state index contributed by atoms with van der Waals surface area (Å²) in [4.78, 5) is 25.7. The van der Waals surface area contributed by atoms with Gasteiger partial charge in [-0.3, -0.25) is 14.9 Å². The molecule has 21 heavy (non-hydrogen) atoms. The van der Waals surface area contributed by atoms with Gasteiger partial charge in [-0.05, 0) is 18.2 Å². The molecule has 0 bridgehead atoms. The van der Waals surface area contributed by atoms with E-state index in [0.29, 0.717) is 5.88 Å². The molecule has 1 heterocycles. The number of nitro groups is 1. The lowest BCUT2D eigenvalue weighted by Crippen LogP contribution is -2.20. The number of benzene rings is 1. The highest BCUT2D eigenvalue weighted by molar-refractivity contribution is 6.32. The number of hydrogen-bond donors (Lipinski definition) is 1. The Bertz CT molecular complexity index is 664. The van der Waals surface area contributed by atoms with Crippen LogP contribution in [0.5, 0.6) is 5.88 Å². The summed E-state index contributed by atoms with van der Waals surface area (Å²) in [6, 6.07) is 9.05. The normalized spacial score (nSPS) is 9.95. The number of carbonyl (C=O) groups is 1. The number of nitro benzene ring substituents is 1. The largest absolute Gasteiger partial charge is 0.468 e. The van der Waals surface area contributed by atoms with E-state index >= 15 is 0 Å². The predicted molar refractivity (Wildman–Crippen MR) is 76.5 cm³/mol. The van der Waals surface area contributed by atoms with Gasteiger partial charge < -0.3 is 10.1 Å². The van der Waals surface area contributed by atoms with Crippen LogP contribution in [0.15, 0.2) is 42.6 Å². The first-order chi connectivity index (χ1) is 10.1. The van der Waals surface area contributed by atoms with Crippen LogP contribution >= 0.6 is 11.6 Å². The average molecular weight is 308 g/mol. The Kier molecular flexibility index (Phi) is 4.68. The summed E-state index contributed by atoms with van der Waals surface area (Å²) < 4.78 is 5.16. The number of hydrogen-bond acceptors (Lipinski definition) is 5. The molecule has 8 heteroatoms. The molecule has 7 nitrogen and oxygen atoms in total. The fourth-order valence-corrected chi connectivity index (χ4v) is 1.69. The Morgan fingerprint density at radius 2 is 2.19 bits per heavy atom. The summed E-state index contributed by atoms with van der Waals surface area (Å²) >= 11 is 5.68. The summed E-state index contributed by atoms with van der Waals surface area (Å²) in [7, 11) is 0. The molecule has 1 N–H and O–H groups in total. The van der Waals surface area contributed by atoms with Crippen LogP contribution in [0.3, 0.4) is 0 Å². The maximum Gasteiger partial charge on any atom is 0.289 e. The lowest BCUT2D eigenvalue weighted by molar-refractivity contribution is -0.384. The van der Waals surface area contributed by atoms with Crippen molar-refractivity contribution in [2.24, 2.45) is 0 Å². The SMILES string of the molecule is O=C(COc1ccccn1)Nc1ccc(Cl)c([N+](=O)[O-])c1. The van der Waals surface area contributed by atoms with Gasteiger partial charge >= 0.3 is 0 Å². The minimum atomic E-state index is -0.623. The van der Waals surface area contributed by atoms with Gasteiger partial charge in [-0.15, -0.1) is 0 Å². The minimum Gasteiger partial charge on any atom is -0.468 e. The first-order valence-electron chi connectivity index (χ1n) is 5.84. The molecule has 0 saturated carbocycles. The van der Waals surface area contributed by atoms with Crippen molar-refractivity contribution in [2.75, 3.05) is 11.9 Å². The number of anilines is 1. The molecule has 2 aromatic rings. The molecule has 0 saturated heterocycles. The number of aromatic nitrogens is 1. The van der Waals surface area contributed by atoms with E-state index in [-0.39, 0.29) is 23.0 Å². The third-order valence-electron chi connectivity index (χ3n) is 2.42. The Balaban J connectivity index is 1.97. The van der Waals surface area contributed by atoms with Crippen molar-refractivity contribution >= 4 is 28.9 Å². The molecule has 0 radical (unpaired) electrons. The molecule has 1 aromatic carbocycles. The van der Waals surface area contributed by atoms with Crippen LogP contribution in [0.2, 0.25) is 5.02 Å². The summed E-state index contributed by atoms with van der Waals surface area (Å²) in [6.45, 7) is -0.257.